The number of aryl methyl sites for hydroxylation is 1. The van der Waals surface area contributed by atoms with Crippen LogP contribution in [0.4, 0.5) is 0 Å². The first kappa shape index (κ1) is 16.8. The Morgan fingerprint density at radius 2 is 1.56 bits per heavy atom. The van der Waals surface area contributed by atoms with E-state index in [1.165, 1.54) is 11.6 Å². The summed E-state index contributed by atoms with van der Waals surface area (Å²) in [6.07, 6.45) is 0. The number of rotatable bonds is 3. The molecule has 0 aliphatic carbocycles. The van der Waals surface area contributed by atoms with Gasteiger partial charge < -0.3 is 4.74 Å². The van der Waals surface area contributed by atoms with Crippen molar-refractivity contribution in [3.8, 4) is 22.8 Å². The van der Waals surface area contributed by atoms with Crippen molar-refractivity contribution in [2.45, 2.75) is 0 Å². The first-order valence-corrected chi connectivity index (χ1v) is 8.41. The van der Waals surface area contributed by atoms with Gasteiger partial charge in [-0.05, 0) is 24.3 Å². The maximum absolute atomic E-state index is 12.9. The van der Waals surface area contributed by atoms with Crippen molar-refractivity contribution in [2.24, 2.45) is 14.1 Å². The number of methoxy groups -OCH3 is 1. The third kappa shape index (κ3) is 2.55. The summed E-state index contributed by atoms with van der Waals surface area (Å²) in [5.41, 5.74) is 1.50. The molecular weight excluding hydrogens is 344 g/mol. The van der Waals surface area contributed by atoms with Gasteiger partial charge in [-0.15, -0.1) is 0 Å². The molecule has 2 aromatic heterocycles. The van der Waals surface area contributed by atoms with Gasteiger partial charge in [-0.1, -0.05) is 30.3 Å². The lowest BCUT2D eigenvalue weighted by Gasteiger charge is -2.10. The first-order chi connectivity index (χ1) is 13.0. The van der Waals surface area contributed by atoms with Gasteiger partial charge in [0.05, 0.1) is 7.11 Å². The van der Waals surface area contributed by atoms with Crippen molar-refractivity contribution in [1.82, 2.24) is 18.7 Å². The van der Waals surface area contributed by atoms with E-state index >= 15 is 0 Å². The van der Waals surface area contributed by atoms with Crippen LogP contribution in [-0.2, 0) is 14.1 Å². The molecule has 0 amide bonds. The molecule has 27 heavy (non-hydrogen) atoms. The quantitative estimate of drug-likeness (QED) is 0.560. The fourth-order valence-electron chi connectivity index (χ4n) is 3.16. The second kappa shape index (κ2) is 6.28. The number of hydrogen-bond donors (Lipinski definition) is 0. The van der Waals surface area contributed by atoms with Crippen molar-refractivity contribution < 1.29 is 4.74 Å². The Morgan fingerprint density at radius 3 is 2.19 bits per heavy atom. The van der Waals surface area contributed by atoms with Gasteiger partial charge in [0.1, 0.15) is 11.6 Å². The normalized spacial score (nSPS) is 11.1. The van der Waals surface area contributed by atoms with E-state index in [-0.39, 0.29) is 0 Å². The Balaban J connectivity index is 2.16. The summed E-state index contributed by atoms with van der Waals surface area (Å²) in [6, 6.07) is 16.9. The maximum atomic E-state index is 12.9. The Labute approximate surface area is 154 Å². The number of ether oxygens (including phenoxy) is 1. The summed E-state index contributed by atoms with van der Waals surface area (Å²) in [5.74, 6) is 1.30. The molecule has 0 saturated heterocycles. The van der Waals surface area contributed by atoms with Gasteiger partial charge in [-0.2, -0.15) is 0 Å². The highest BCUT2D eigenvalue weighted by atomic mass is 16.5. The van der Waals surface area contributed by atoms with Gasteiger partial charge in [0.2, 0.25) is 0 Å². The monoisotopic (exact) mass is 362 g/mol. The Hall–Kier alpha value is -3.61. The maximum Gasteiger partial charge on any atom is 0.332 e. The fraction of sp³-hybridized carbons (Fsp3) is 0.150. The number of nitrogens with zero attached hydrogens (tertiary/aromatic N) is 4. The van der Waals surface area contributed by atoms with Crippen molar-refractivity contribution in [3.63, 3.8) is 0 Å². The molecule has 0 aliphatic rings. The third-order valence-corrected chi connectivity index (χ3v) is 4.62. The number of benzene rings is 2. The van der Waals surface area contributed by atoms with Crippen LogP contribution in [0.5, 0.6) is 5.75 Å². The Morgan fingerprint density at radius 1 is 0.889 bits per heavy atom. The number of imidazole rings is 1. The summed E-state index contributed by atoms with van der Waals surface area (Å²) >= 11 is 0. The minimum Gasteiger partial charge on any atom is -0.497 e. The van der Waals surface area contributed by atoms with E-state index in [2.05, 4.69) is 4.98 Å². The van der Waals surface area contributed by atoms with E-state index in [0.717, 1.165) is 15.8 Å². The zero-order chi connectivity index (χ0) is 19.1. The molecule has 4 aromatic rings. The summed E-state index contributed by atoms with van der Waals surface area (Å²) < 4.78 is 9.50. The second-order valence-electron chi connectivity index (χ2n) is 6.21. The molecular formula is C20H18N4O3. The minimum absolute atomic E-state index is 0.345. The van der Waals surface area contributed by atoms with Gasteiger partial charge in [0.25, 0.3) is 5.56 Å². The van der Waals surface area contributed by atoms with Gasteiger partial charge in [-0.25, -0.2) is 9.78 Å². The molecule has 0 saturated carbocycles. The van der Waals surface area contributed by atoms with Crippen LogP contribution in [0.1, 0.15) is 0 Å². The standard InChI is InChI=1S/C20H18N4O3/c1-22-18-16(19(25)23(2)20(22)26)24(14-9-11-15(27-3)12-10-14)17(21-18)13-7-5-4-6-8-13/h4-12H,1-3H3. The highest BCUT2D eigenvalue weighted by molar-refractivity contribution is 5.80. The highest BCUT2D eigenvalue weighted by Gasteiger charge is 2.21. The van der Waals surface area contributed by atoms with E-state index in [1.807, 2.05) is 54.6 Å². The van der Waals surface area contributed by atoms with Crippen molar-refractivity contribution in [2.75, 3.05) is 7.11 Å². The first-order valence-electron chi connectivity index (χ1n) is 8.41. The lowest BCUT2D eigenvalue weighted by atomic mass is 10.2. The average molecular weight is 362 g/mol. The molecule has 7 heteroatoms. The zero-order valence-corrected chi connectivity index (χ0v) is 15.2. The van der Waals surface area contributed by atoms with Crippen LogP contribution in [0.15, 0.2) is 64.2 Å². The van der Waals surface area contributed by atoms with E-state index in [9.17, 15) is 9.59 Å². The molecule has 0 N–H and O–H groups in total. The molecule has 4 rings (SSSR count). The predicted molar refractivity (Wildman–Crippen MR) is 104 cm³/mol. The van der Waals surface area contributed by atoms with Crippen LogP contribution >= 0.6 is 0 Å². The van der Waals surface area contributed by atoms with Crippen molar-refractivity contribution >= 4 is 11.2 Å². The Bertz CT molecular complexity index is 1250. The molecule has 7 nitrogen and oxygen atoms in total. The van der Waals surface area contributed by atoms with Gasteiger partial charge in [0.15, 0.2) is 11.2 Å². The zero-order valence-electron chi connectivity index (χ0n) is 15.2. The third-order valence-electron chi connectivity index (χ3n) is 4.62. The fourth-order valence-corrected chi connectivity index (χ4v) is 3.16. The van der Waals surface area contributed by atoms with E-state index in [0.29, 0.717) is 22.7 Å². The molecule has 0 bridgehead atoms. The van der Waals surface area contributed by atoms with Crippen LogP contribution in [0.2, 0.25) is 0 Å². The van der Waals surface area contributed by atoms with Crippen molar-refractivity contribution in [1.29, 1.82) is 0 Å². The van der Waals surface area contributed by atoms with E-state index in [4.69, 9.17) is 4.74 Å². The minimum atomic E-state index is -0.411. The summed E-state index contributed by atoms with van der Waals surface area (Å²) in [7, 11) is 4.68. The summed E-state index contributed by atoms with van der Waals surface area (Å²) in [4.78, 5) is 29.9. The number of hydrogen-bond acceptors (Lipinski definition) is 4. The molecule has 0 radical (unpaired) electrons. The molecule has 0 unspecified atom stereocenters. The largest absolute Gasteiger partial charge is 0.497 e. The van der Waals surface area contributed by atoms with Crippen LogP contribution in [0.3, 0.4) is 0 Å². The molecule has 2 heterocycles. The lowest BCUT2D eigenvalue weighted by Crippen LogP contribution is -2.37. The molecule has 0 aliphatic heterocycles. The van der Waals surface area contributed by atoms with Crippen molar-refractivity contribution in [3.05, 3.63) is 75.4 Å². The molecule has 0 spiro atoms. The van der Waals surface area contributed by atoms with Gasteiger partial charge in [-0.3, -0.25) is 18.5 Å². The lowest BCUT2D eigenvalue weighted by molar-refractivity contribution is 0.415. The average Bonchev–Trinajstić information content (AvgIpc) is 3.12. The topological polar surface area (TPSA) is 71.1 Å². The van der Waals surface area contributed by atoms with Gasteiger partial charge in [0, 0.05) is 25.3 Å². The van der Waals surface area contributed by atoms with Crippen LogP contribution < -0.4 is 16.0 Å². The van der Waals surface area contributed by atoms with E-state index < -0.39 is 11.2 Å². The SMILES string of the molecule is COc1ccc(-n2c(-c3ccccc3)nc3c2c(=O)n(C)c(=O)n3C)cc1. The van der Waals surface area contributed by atoms with Crippen LogP contribution in [-0.4, -0.2) is 25.8 Å². The summed E-state index contributed by atoms with van der Waals surface area (Å²) in [5, 5.41) is 0. The molecule has 0 fully saturated rings. The second-order valence-corrected chi connectivity index (χ2v) is 6.21. The highest BCUT2D eigenvalue weighted by Crippen LogP contribution is 2.27. The molecule has 2 aromatic carbocycles. The van der Waals surface area contributed by atoms with Gasteiger partial charge >= 0.3 is 5.69 Å². The predicted octanol–water partition coefficient (Wildman–Crippen LogP) is 2.10. The molecule has 0 atom stereocenters. The number of fused-ring (bicyclic) bond motifs is 1. The smallest absolute Gasteiger partial charge is 0.332 e. The van der Waals surface area contributed by atoms with Crippen LogP contribution in [0, 0.1) is 0 Å². The summed E-state index contributed by atoms with van der Waals surface area (Å²) in [6.45, 7) is 0. The van der Waals surface area contributed by atoms with Crippen LogP contribution in [0.25, 0.3) is 28.2 Å². The Kier molecular flexibility index (Phi) is 3.92. The number of aromatic nitrogens is 4. The molecule has 136 valence electrons. The van der Waals surface area contributed by atoms with E-state index in [1.54, 1.807) is 18.7 Å².